The summed E-state index contributed by atoms with van der Waals surface area (Å²) in [5, 5.41) is 45.3. The predicted octanol–water partition coefficient (Wildman–Crippen LogP) is 3.04. The van der Waals surface area contributed by atoms with E-state index in [4.69, 9.17) is 4.74 Å². The van der Waals surface area contributed by atoms with Gasteiger partial charge in [0.05, 0.1) is 37.1 Å². The molecule has 4 N–H and O–H groups in total. The van der Waals surface area contributed by atoms with Crippen LogP contribution < -0.4 is 0 Å². The molecular formula is C28H48O6. The first-order chi connectivity index (χ1) is 15.9. The van der Waals surface area contributed by atoms with Gasteiger partial charge in [-0.25, -0.2) is 0 Å². The second-order valence-corrected chi connectivity index (χ2v) is 13.1. The first-order valence-corrected chi connectivity index (χ1v) is 13.8. The van der Waals surface area contributed by atoms with Crippen molar-refractivity contribution in [2.75, 3.05) is 6.61 Å². The van der Waals surface area contributed by atoms with Crippen LogP contribution in [0.5, 0.6) is 0 Å². The highest BCUT2D eigenvalue weighted by atomic mass is 16.5. The third-order valence-corrected chi connectivity index (χ3v) is 11.0. The second kappa shape index (κ2) is 9.74. The van der Waals surface area contributed by atoms with Crippen LogP contribution in [0, 0.1) is 58.7 Å². The number of carbonyl (C=O) groups excluding carboxylic acids is 1. The quantitative estimate of drug-likeness (QED) is 0.482. The van der Waals surface area contributed by atoms with Gasteiger partial charge in [0.1, 0.15) is 5.78 Å². The number of aliphatic hydroxyl groups excluding tert-OH is 4. The molecule has 4 aliphatic rings. The Morgan fingerprint density at radius 2 is 1.68 bits per heavy atom. The standard InChI is InChI=1S/C28H48O6/c1-13(2)15(4)23(30)24(31)16(5)27-22-20(19-11-18(29)8-7-17(19)12-34-27)25(32)26(33)21-14(3)9-10-28(21,22)6/h13-17,19-27,30-33H,7-12H2,1-6H3/t14-,15-,16+,17-,19+,20-,21+,22-,23-,24-,25+,26-,27+,28+/m1/s1. The molecule has 4 rings (SSSR count). The Labute approximate surface area is 205 Å². The van der Waals surface area contributed by atoms with Crippen LogP contribution in [-0.4, -0.2) is 63.3 Å². The Bertz CT molecular complexity index is 740. The van der Waals surface area contributed by atoms with Crippen LogP contribution in [0.1, 0.15) is 73.6 Å². The largest absolute Gasteiger partial charge is 0.390 e. The fraction of sp³-hybridized carbons (Fsp3) is 0.964. The SMILES string of the molecule is CC(C)[C@@H](C)[C@@H](O)[C@H](O)[C@H](C)[C@@H]1OC[C@H]2CCC(=O)C[C@@H]2[C@H]2[C@H](O)[C@H](O)[C@@H]3[C@H](C)CC[C@]3(C)[C@@H]12. The van der Waals surface area contributed by atoms with Gasteiger partial charge in [0, 0.05) is 18.8 Å². The Balaban J connectivity index is 1.76. The lowest BCUT2D eigenvalue weighted by Gasteiger charge is -2.58. The minimum Gasteiger partial charge on any atom is -0.390 e. The minimum atomic E-state index is -0.949. The van der Waals surface area contributed by atoms with E-state index in [9.17, 15) is 25.2 Å². The van der Waals surface area contributed by atoms with Gasteiger partial charge in [-0.3, -0.25) is 4.79 Å². The molecule has 0 aromatic heterocycles. The summed E-state index contributed by atoms with van der Waals surface area (Å²) in [6.45, 7) is 12.9. The van der Waals surface area contributed by atoms with Gasteiger partial charge in [0.2, 0.25) is 0 Å². The molecule has 196 valence electrons. The van der Waals surface area contributed by atoms with Crippen LogP contribution in [-0.2, 0) is 9.53 Å². The van der Waals surface area contributed by atoms with Gasteiger partial charge < -0.3 is 25.2 Å². The van der Waals surface area contributed by atoms with Gasteiger partial charge in [-0.1, -0.05) is 41.5 Å². The molecule has 0 amide bonds. The zero-order chi connectivity index (χ0) is 25.1. The number of carbonyl (C=O) groups is 1. The zero-order valence-corrected chi connectivity index (χ0v) is 21.9. The fourth-order valence-electron chi connectivity index (χ4n) is 8.63. The van der Waals surface area contributed by atoms with E-state index in [0.29, 0.717) is 19.4 Å². The Morgan fingerprint density at radius 3 is 2.32 bits per heavy atom. The summed E-state index contributed by atoms with van der Waals surface area (Å²) in [6, 6.07) is 0. The molecule has 1 heterocycles. The Kier molecular flexibility index (Phi) is 7.60. The van der Waals surface area contributed by atoms with Crippen LogP contribution in [0.25, 0.3) is 0 Å². The van der Waals surface area contributed by atoms with Crippen molar-refractivity contribution in [2.24, 2.45) is 58.7 Å². The number of rotatable bonds is 5. The van der Waals surface area contributed by atoms with E-state index >= 15 is 0 Å². The molecule has 6 nitrogen and oxygen atoms in total. The van der Waals surface area contributed by atoms with Crippen molar-refractivity contribution < 1.29 is 30.0 Å². The van der Waals surface area contributed by atoms with Gasteiger partial charge in [-0.05, 0) is 72.0 Å². The van der Waals surface area contributed by atoms with E-state index in [2.05, 4.69) is 27.7 Å². The van der Waals surface area contributed by atoms with Crippen LogP contribution in [0.2, 0.25) is 0 Å². The highest BCUT2D eigenvalue weighted by Crippen LogP contribution is 2.64. The molecule has 3 aliphatic carbocycles. The minimum absolute atomic E-state index is 0.0153. The molecule has 0 aromatic rings. The first kappa shape index (κ1) is 26.5. The van der Waals surface area contributed by atoms with Gasteiger partial charge in [0.25, 0.3) is 0 Å². The molecule has 4 fully saturated rings. The molecule has 1 aliphatic heterocycles. The van der Waals surface area contributed by atoms with Crippen molar-refractivity contribution in [3.05, 3.63) is 0 Å². The fourth-order valence-corrected chi connectivity index (χ4v) is 8.63. The summed E-state index contributed by atoms with van der Waals surface area (Å²) in [7, 11) is 0. The second-order valence-electron chi connectivity index (χ2n) is 13.1. The zero-order valence-electron chi connectivity index (χ0n) is 21.9. The lowest BCUT2D eigenvalue weighted by atomic mass is 9.49. The average molecular weight is 481 g/mol. The molecule has 0 aromatic carbocycles. The molecular weight excluding hydrogens is 432 g/mol. The summed E-state index contributed by atoms with van der Waals surface area (Å²) < 4.78 is 6.67. The first-order valence-electron chi connectivity index (χ1n) is 13.8. The van der Waals surface area contributed by atoms with E-state index in [1.807, 2.05) is 13.8 Å². The maximum Gasteiger partial charge on any atom is 0.133 e. The molecule has 34 heavy (non-hydrogen) atoms. The average Bonchev–Trinajstić information content (AvgIpc) is 3.00. The van der Waals surface area contributed by atoms with Crippen molar-refractivity contribution >= 4 is 5.78 Å². The highest BCUT2D eigenvalue weighted by Gasteiger charge is 2.65. The monoisotopic (exact) mass is 480 g/mol. The summed E-state index contributed by atoms with van der Waals surface area (Å²) in [5.41, 5.74) is -0.259. The molecule has 0 radical (unpaired) electrons. The molecule has 0 unspecified atom stereocenters. The number of aliphatic hydroxyl groups is 4. The van der Waals surface area contributed by atoms with Crippen LogP contribution in [0.4, 0.5) is 0 Å². The molecule has 3 saturated carbocycles. The third-order valence-electron chi connectivity index (χ3n) is 11.0. The lowest BCUT2D eigenvalue weighted by Crippen LogP contribution is -2.63. The molecule has 0 spiro atoms. The van der Waals surface area contributed by atoms with Crippen molar-refractivity contribution in [2.45, 2.75) is 104 Å². The Hall–Kier alpha value is -0.530. The smallest absolute Gasteiger partial charge is 0.133 e. The number of ether oxygens (including phenoxy) is 1. The maximum atomic E-state index is 12.5. The number of ketones is 1. The van der Waals surface area contributed by atoms with E-state index < -0.39 is 24.4 Å². The van der Waals surface area contributed by atoms with E-state index in [1.165, 1.54) is 0 Å². The van der Waals surface area contributed by atoms with Gasteiger partial charge >= 0.3 is 0 Å². The van der Waals surface area contributed by atoms with Gasteiger partial charge in [-0.15, -0.1) is 0 Å². The molecule has 1 saturated heterocycles. The number of fused-ring (bicyclic) bond motifs is 5. The summed E-state index contributed by atoms with van der Waals surface area (Å²) >= 11 is 0. The predicted molar refractivity (Wildman–Crippen MR) is 130 cm³/mol. The van der Waals surface area contributed by atoms with Crippen LogP contribution >= 0.6 is 0 Å². The van der Waals surface area contributed by atoms with Crippen molar-refractivity contribution in [3.63, 3.8) is 0 Å². The van der Waals surface area contributed by atoms with Gasteiger partial charge in [-0.2, -0.15) is 0 Å². The van der Waals surface area contributed by atoms with Crippen LogP contribution in [0.15, 0.2) is 0 Å². The molecule has 14 atom stereocenters. The molecule has 6 heteroatoms. The maximum absolute atomic E-state index is 12.5. The van der Waals surface area contributed by atoms with Crippen molar-refractivity contribution in [1.29, 1.82) is 0 Å². The summed E-state index contributed by atoms with van der Waals surface area (Å²) in [5.74, 6) is 0.121. The number of hydrogen-bond acceptors (Lipinski definition) is 6. The highest BCUT2D eigenvalue weighted by molar-refractivity contribution is 5.79. The summed E-state index contributed by atoms with van der Waals surface area (Å²) in [6.07, 6.45) is -0.235. The molecule has 0 bridgehead atoms. The lowest BCUT2D eigenvalue weighted by molar-refractivity contribution is -0.208. The summed E-state index contributed by atoms with van der Waals surface area (Å²) in [4.78, 5) is 12.5. The van der Waals surface area contributed by atoms with Gasteiger partial charge in [0.15, 0.2) is 0 Å². The topological polar surface area (TPSA) is 107 Å². The van der Waals surface area contributed by atoms with Crippen molar-refractivity contribution in [1.82, 2.24) is 0 Å². The normalized spacial score (nSPS) is 48.3. The van der Waals surface area contributed by atoms with Crippen LogP contribution in [0.3, 0.4) is 0 Å². The van der Waals surface area contributed by atoms with E-state index in [1.54, 1.807) is 0 Å². The Morgan fingerprint density at radius 1 is 1.00 bits per heavy atom. The third kappa shape index (κ3) is 4.19. The van der Waals surface area contributed by atoms with E-state index in [0.717, 1.165) is 19.3 Å². The van der Waals surface area contributed by atoms with Crippen molar-refractivity contribution in [3.8, 4) is 0 Å². The van der Waals surface area contributed by atoms with E-state index in [-0.39, 0.29) is 70.6 Å². The number of hydrogen-bond donors (Lipinski definition) is 4. The number of Topliss-reactive ketones (excluding diaryl/α,β-unsaturated/α-hetero) is 1.